The molecule has 1 atom stereocenters. The molecule has 0 bridgehead atoms. The van der Waals surface area contributed by atoms with Gasteiger partial charge in [0, 0.05) is 29.7 Å². The van der Waals surface area contributed by atoms with E-state index < -0.39 is 0 Å². The lowest BCUT2D eigenvalue weighted by Crippen LogP contribution is -2.43. The smallest absolute Gasteiger partial charge is 0.150 e. The van der Waals surface area contributed by atoms with Crippen molar-refractivity contribution in [1.82, 2.24) is 9.88 Å². The first-order valence-electron chi connectivity index (χ1n) is 8.35. The second-order valence-corrected chi connectivity index (χ2v) is 6.67. The minimum absolute atomic E-state index is 0.233. The number of aromatic amines is 1. The molecule has 0 spiro atoms. The molecule has 0 amide bonds. The van der Waals surface area contributed by atoms with Gasteiger partial charge in [-0.1, -0.05) is 6.42 Å². The number of methoxy groups -OCH3 is 1. The van der Waals surface area contributed by atoms with Crippen molar-refractivity contribution in [3.05, 3.63) is 29.7 Å². The highest BCUT2D eigenvalue weighted by Crippen LogP contribution is 2.34. The first kappa shape index (κ1) is 14.1. The average molecular weight is 302 g/mol. The van der Waals surface area contributed by atoms with E-state index in [2.05, 4.69) is 9.88 Å². The Labute approximate surface area is 130 Å². The zero-order chi connectivity index (χ0) is 15.1. The van der Waals surface area contributed by atoms with Crippen molar-refractivity contribution in [2.24, 2.45) is 0 Å². The van der Waals surface area contributed by atoms with Crippen LogP contribution in [0.3, 0.4) is 0 Å². The van der Waals surface area contributed by atoms with Crippen LogP contribution in [0.25, 0.3) is 10.9 Å². The van der Waals surface area contributed by atoms with Gasteiger partial charge in [0.25, 0.3) is 0 Å². The van der Waals surface area contributed by atoms with E-state index in [1.807, 2.05) is 12.3 Å². The lowest BCUT2D eigenvalue weighted by Gasteiger charge is -2.38. The molecule has 1 aromatic heterocycles. The monoisotopic (exact) mass is 302 g/mol. The highest BCUT2D eigenvalue weighted by atomic mass is 19.1. The van der Waals surface area contributed by atoms with E-state index in [0.717, 1.165) is 17.8 Å². The first-order chi connectivity index (χ1) is 10.8. The lowest BCUT2D eigenvalue weighted by atomic mass is 9.90. The molecular formula is C18H23FN2O. The van der Waals surface area contributed by atoms with E-state index >= 15 is 0 Å². The number of aromatic nitrogens is 1. The predicted octanol–water partition coefficient (Wildman–Crippen LogP) is 3.88. The minimum Gasteiger partial charge on any atom is -0.497 e. The molecule has 1 saturated heterocycles. The van der Waals surface area contributed by atoms with Crippen LogP contribution in [0, 0.1) is 5.82 Å². The van der Waals surface area contributed by atoms with E-state index in [-0.39, 0.29) is 5.82 Å². The van der Waals surface area contributed by atoms with Gasteiger partial charge in [-0.25, -0.2) is 4.39 Å². The van der Waals surface area contributed by atoms with Crippen LogP contribution in [-0.4, -0.2) is 35.6 Å². The van der Waals surface area contributed by atoms with Crippen LogP contribution < -0.4 is 4.74 Å². The number of fused-ring (bicyclic) bond motifs is 1. The van der Waals surface area contributed by atoms with E-state index in [0.29, 0.717) is 17.3 Å². The van der Waals surface area contributed by atoms with Crippen molar-refractivity contribution in [3.8, 4) is 5.75 Å². The fourth-order valence-corrected chi connectivity index (χ4v) is 4.04. The molecule has 4 rings (SSSR count). The van der Waals surface area contributed by atoms with Gasteiger partial charge in [0.1, 0.15) is 5.75 Å². The summed E-state index contributed by atoms with van der Waals surface area (Å²) in [5, 5.41) is 0.970. The molecular weight excluding hydrogens is 279 g/mol. The second-order valence-electron chi connectivity index (χ2n) is 6.67. The van der Waals surface area contributed by atoms with Crippen LogP contribution in [0.4, 0.5) is 4.39 Å². The largest absolute Gasteiger partial charge is 0.497 e. The summed E-state index contributed by atoms with van der Waals surface area (Å²) in [6.07, 6.45) is 9.62. The Morgan fingerprint density at radius 3 is 2.86 bits per heavy atom. The number of likely N-dealkylation sites (tertiary alicyclic amines) is 1. The van der Waals surface area contributed by atoms with Crippen LogP contribution >= 0.6 is 0 Å². The SMILES string of the molecule is COc1cc(F)c2[nH]cc(CC3CCCN3C3CCC3)c2c1. The van der Waals surface area contributed by atoms with Crippen LogP contribution in [0.15, 0.2) is 18.3 Å². The van der Waals surface area contributed by atoms with Gasteiger partial charge in [0.15, 0.2) is 5.82 Å². The number of benzene rings is 1. The van der Waals surface area contributed by atoms with Gasteiger partial charge in [-0.05, 0) is 50.3 Å². The molecule has 1 aliphatic carbocycles. The molecule has 2 heterocycles. The summed E-state index contributed by atoms with van der Waals surface area (Å²) in [7, 11) is 1.59. The third kappa shape index (κ3) is 2.30. The number of halogens is 1. The Kier molecular flexibility index (Phi) is 3.57. The topological polar surface area (TPSA) is 28.3 Å². The molecule has 1 N–H and O–H groups in total. The molecule has 2 aliphatic rings. The van der Waals surface area contributed by atoms with Crippen LogP contribution in [0.1, 0.15) is 37.7 Å². The molecule has 3 nitrogen and oxygen atoms in total. The lowest BCUT2D eigenvalue weighted by molar-refractivity contribution is 0.114. The predicted molar refractivity (Wildman–Crippen MR) is 85.9 cm³/mol. The maximum absolute atomic E-state index is 14.1. The van der Waals surface area contributed by atoms with E-state index in [4.69, 9.17) is 4.74 Å². The Morgan fingerprint density at radius 1 is 1.27 bits per heavy atom. The Bertz CT molecular complexity index is 677. The summed E-state index contributed by atoms with van der Waals surface area (Å²) in [6, 6.07) is 4.80. The molecule has 22 heavy (non-hydrogen) atoms. The van der Waals surface area contributed by atoms with Gasteiger partial charge < -0.3 is 9.72 Å². The molecule has 2 fully saturated rings. The van der Waals surface area contributed by atoms with E-state index in [9.17, 15) is 4.39 Å². The molecule has 1 aliphatic heterocycles. The number of H-pyrrole nitrogens is 1. The van der Waals surface area contributed by atoms with Crippen molar-refractivity contribution >= 4 is 10.9 Å². The van der Waals surface area contributed by atoms with Gasteiger partial charge in [-0.3, -0.25) is 4.90 Å². The summed E-state index contributed by atoms with van der Waals surface area (Å²) < 4.78 is 19.3. The van der Waals surface area contributed by atoms with Gasteiger partial charge in [0.2, 0.25) is 0 Å². The zero-order valence-electron chi connectivity index (χ0n) is 13.1. The van der Waals surface area contributed by atoms with Gasteiger partial charge in [0.05, 0.1) is 12.6 Å². The fraction of sp³-hybridized carbons (Fsp3) is 0.556. The van der Waals surface area contributed by atoms with E-state index in [1.54, 1.807) is 7.11 Å². The molecule has 118 valence electrons. The van der Waals surface area contributed by atoms with Crippen LogP contribution in [0.5, 0.6) is 5.75 Å². The summed E-state index contributed by atoms with van der Waals surface area (Å²) in [6.45, 7) is 1.23. The number of nitrogens with zero attached hydrogens (tertiary/aromatic N) is 1. The molecule has 1 saturated carbocycles. The first-order valence-corrected chi connectivity index (χ1v) is 8.35. The fourth-order valence-electron chi connectivity index (χ4n) is 4.04. The molecule has 1 unspecified atom stereocenters. The summed E-state index contributed by atoms with van der Waals surface area (Å²) >= 11 is 0. The van der Waals surface area contributed by atoms with Crippen LogP contribution in [0.2, 0.25) is 0 Å². The molecule has 4 heteroatoms. The van der Waals surface area contributed by atoms with Crippen molar-refractivity contribution in [2.75, 3.05) is 13.7 Å². The Hall–Kier alpha value is -1.55. The number of ether oxygens (including phenoxy) is 1. The third-order valence-electron chi connectivity index (χ3n) is 5.46. The summed E-state index contributed by atoms with van der Waals surface area (Å²) in [5.41, 5.74) is 1.81. The molecule has 2 aromatic rings. The van der Waals surface area contributed by atoms with Gasteiger partial charge in [-0.15, -0.1) is 0 Å². The van der Waals surface area contributed by atoms with Gasteiger partial charge >= 0.3 is 0 Å². The zero-order valence-corrected chi connectivity index (χ0v) is 13.1. The molecule has 1 aromatic carbocycles. The highest BCUT2D eigenvalue weighted by Gasteiger charge is 2.34. The minimum atomic E-state index is -0.233. The maximum atomic E-state index is 14.1. The Morgan fingerprint density at radius 2 is 2.14 bits per heavy atom. The van der Waals surface area contributed by atoms with Crippen molar-refractivity contribution in [3.63, 3.8) is 0 Å². The van der Waals surface area contributed by atoms with E-state index in [1.165, 1.54) is 50.3 Å². The Balaban J connectivity index is 1.62. The van der Waals surface area contributed by atoms with Crippen molar-refractivity contribution in [2.45, 2.75) is 50.6 Å². The standard InChI is InChI=1S/C18H23FN2O/c1-22-15-9-16-12(11-20-18(16)17(19)10-15)8-14-6-3-7-21(14)13-4-2-5-13/h9-11,13-14,20H,2-8H2,1H3. The normalized spacial score (nSPS) is 23.1. The van der Waals surface area contributed by atoms with Crippen molar-refractivity contribution in [1.29, 1.82) is 0 Å². The second kappa shape index (κ2) is 5.58. The number of nitrogens with one attached hydrogen (secondary N) is 1. The number of hydrogen-bond donors (Lipinski definition) is 1. The number of rotatable bonds is 4. The highest BCUT2D eigenvalue weighted by molar-refractivity contribution is 5.85. The average Bonchev–Trinajstić information content (AvgIpc) is 3.06. The maximum Gasteiger partial charge on any atom is 0.150 e. The molecule has 0 radical (unpaired) electrons. The van der Waals surface area contributed by atoms with Gasteiger partial charge in [-0.2, -0.15) is 0 Å². The van der Waals surface area contributed by atoms with Crippen LogP contribution in [-0.2, 0) is 6.42 Å². The van der Waals surface area contributed by atoms with Crippen molar-refractivity contribution < 1.29 is 9.13 Å². The number of hydrogen-bond acceptors (Lipinski definition) is 2. The third-order valence-corrected chi connectivity index (χ3v) is 5.46. The quantitative estimate of drug-likeness (QED) is 0.928. The summed E-state index contributed by atoms with van der Waals surface area (Å²) in [4.78, 5) is 5.80. The summed E-state index contributed by atoms with van der Waals surface area (Å²) in [5.74, 6) is 0.357.